The van der Waals surface area contributed by atoms with Gasteiger partial charge >= 0.3 is 0 Å². The van der Waals surface area contributed by atoms with Crippen LogP contribution in [-0.2, 0) is 0 Å². The standard InChI is InChI=1S/C13H19N/c1-4-10-14(3)12(2)11-13-8-6-5-7-9-13/h1,6,8-9,12H,5,7,10-11H2,2-3H3. The zero-order valence-electron chi connectivity index (χ0n) is 9.16. The lowest BCUT2D eigenvalue weighted by Gasteiger charge is -2.23. The molecule has 0 aromatic carbocycles. The minimum atomic E-state index is 0.528. The van der Waals surface area contributed by atoms with Gasteiger partial charge < -0.3 is 0 Å². The Kier molecular flexibility index (Phi) is 4.49. The Morgan fingerprint density at radius 1 is 1.57 bits per heavy atom. The topological polar surface area (TPSA) is 3.24 Å². The molecule has 0 heterocycles. The molecule has 1 atom stereocenters. The highest BCUT2D eigenvalue weighted by molar-refractivity contribution is 5.22. The van der Waals surface area contributed by atoms with Gasteiger partial charge in [0.05, 0.1) is 6.54 Å². The van der Waals surface area contributed by atoms with E-state index in [1.54, 1.807) is 0 Å². The molecule has 1 aliphatic rings. The molecule has 14 heavy (non-hydrogen) atoms. The highest BCUT2D eigenvalue weighted by atomic mass is 15.1. The van der Waals surface area contributed by atoms with Gasteiger partial charge in [-0.05, 0) is 33.2 Å². The van der Waals surface area contributed by atoms with Crippen LogP contribution in [0.15, 0.2) is 23.8 Å². The summed E-state index contributed by atoms with van der Waals surface area (Å²) < 4.78 is 0. The first kappa shape index (κ1) is 11.1. The Hall–Kier alpha value is -1.00. The molecule has 1 aliphatic carbocycles. The third-order valence-electron chi connectivity index (χ3n) is 2.70. The van der Waals surface area contributed by atoms with Crippen LogP contribution in [0.3, 0.4) is 0 Å². The van der Waals surface area contributed by atoms with Gasteiger partial charge in [0.25, 0.3) is 0 Å². The molecular weight excluding hydrogens is 170 g/mol. The third-order valence-corrected chi connectivity index (χ3v) is 2.70. The van der Waals surface area contributed by atoms with E-state index >= 15 is 0 Å². The van der Waals surface area contributed by atoms with E-state index in [4.69, 9.17) is 6.42 Å². The van der Waals surface area contributed by atoms with E-state index in [0.717, 1.165) is 13.0 Å². The zero-order valence-corrected chi connectivity index (χ0v) is 9.16. The van der Waals surface area contributed by atoms with Crippen LogP contribution in [-0.4, -0.2) is 24.5 Å². The largest absolute Gasteiger partial charge is 0.292 e. The molecular formula is C13H19N. The number of terminal acetylenes is 1. The van der Waals surface area contributed by atoms with Crippen LogP contribution in [0.4, 0.5) is 0 Å². The van der Waals surface area contributed by atoms with E-state index in [0.29, 0.717) is 6.04 Å². The van der Waals surface area contributed by atoms with Crippen LogP contribution in [0, 0.1) is 12.3 Å². The quantitative estimate of drug-likeness (QED) is 0.614. The smallest absolute Gasteiger partial charge is 0.0598 e. The fraction of sp³-hybridized carbons (Fsp3) is 0.538. The van der Waals surface area contributed by atoms with Crippen molar-refractivity contribution in [3.63, 3.8) is 0 Å². The van der Waals surface area contributed by atoms with Gasteiger partial charge in [0.1, 0.15) is 0 Å². The molecule has 76 valence electrons. The summed E-state index contributed by atoms with van der Waals surface area (Å²) in [5, 5.41) is 0. The van der Waals surface area contributed by atoms with Gasteiger partial charge in [0.15, 0.2) is 0 Å². The van der Waals surface area contributed by atoms with Crippen LogP contribution in [0.2, 0.25) is 0 Å². The predicted octanol–water partition coefficient (Wildman–Crippen LogP) is 2.61. The zero-order chi connectivity index (χ0) is 10.4. The summed E-state index contributed by atoms with van der Waals surface area (Å²) in [6.07, 6.45) is 15.6. The average molecular weight is 189 g/mol. The highest BCUT2D eigenvalue weighted by Crippen LogP contribution is 2.16. The Morgan fingerprint density at radius 3 is 2.93 bits per heavy atom. The van der Waals surface area contributed by atoms with Gasteiger partial charge in [-0.1, -0.05) is 29.7 Å². The van der Waals surface area contributed by atoms with Gasteiger partial charge in [-0.2, -0.15) is 0 Å². The van der Waals surface area contributed by atoms with Crippen LogP contribution in [0.25, 0.3) is 0 Å². The molecule has 0 fully saturated rings. The van der Waals surface area contributed by atoms with Crippen LogP contribution in [0.1, 0.15) is 26.2 Å². The van der Waals surface area contributed by atoms with Gasteiger partial charge in [-0.15, -0.1) is 6.42 Å². The fourth-order valence-corrected chi connectivity index (χ4v) is 1.62. The first-order valence-corrected chi connectivity index (χ1v) is 5.23. The molecule has 1 heteroatoms. The summed E-state index contributed by atoms with van der Waals surface area (Å²) in [6.45, 7) is 2.96. The van der Waals surface area contributed by atoms with Crippen molar-refractivity contribution >= 4 is 0 Å². The van der Waals surface area contributed by atoms with Crippen molar-refractivity contribution in [2.75, 3.05) is 13.6 Å². The Labute approximate surface area is 87.5 Å². The molecule has 0 spiro atoms. The summed E-state index contributed by atoms with van der Waals surface area (Å²) in [5.41, 5.74) is 1.45. The third kappa shape index (κ3) is 3.40. The number of allylic oxidation sites excluding steroid dienone is 3. The van der Waals surface area contributed by atoms with Crippen molar-refractivity contribution in [3.05, 3.63) is 23.8 Å². The first-order chi connectivity index (χ1) is 6.74. The van der Waals surface area contributed by atoms with Crippen LogP contribution >= 0.6 is 0 Å². The van der Waals surface area contributed by atoms with E-state index < -0.39 is 0 Å². The second kappa shape index (κ2) is 5.67. The minimum absolute atomic E-state index is 0.528. The van der Waals surface area contributed by atoms with Crippen molar-refractivity contribution in [2.24, 2.45) is 0 Å². The van der Waals surface area contributed by atoms with Crippen molar-refractivity contribution in [1.29, 1.82) is 0 Å². The first-order valence-electron chi connectivity index (χ1n) is 5.23. The molecule has 0 aliphatic heterocycles. The minimum Gasteiger partial charge on any atom is -0.292 e. The van der Waals surface area contributed by atoms with E-state index in [9.17, 15) is 0 Å². The molecule has 1 rings (SSSR count). The summed E-state index contributed by atoms with van der Waals surface area (Å²) >= 11 is 0. The maximum absolute atomic E-state index is 5.28. The summed E-state index contributed by atoms with van der Waals surface area (Å²) in [6, 6.07) is 0.528. The summed E-state index contributed by atoms with van der Waals surface area (Å²) in [5.74, 6) is 2.67. The second-order valence-corrected chi connectivity index (χ2v) is 3.93. The normalized spacial score (nSPS) is 17.7. The van der Waals surface area contributed by atoms with E-state index in [1.807, 2.05) is 0 Å². The monoisotopic (exact) mass is 189 g/mol. The van der Waals surface area contributed by atoms with Gasteiger partial charge in [-0.3, -0.25) is 4.90 Å². The fourth-order valence-electron chi connectivity index (χ4n) is 1.62. The molecule has 0 amide bonds. The van der Waals surface area contributed by atoms with Crippen molar-refractivity contribution in [2.45, 2.75) is 32.2 Å². The summed E-state index contributed by atoms with van der Waals surface area (Å²) in [7, 11) is 2.08. The molecule has 0 N–H and O–H groups in total. The number of hydrogen-bond donors (Lipinski definition) is 0. The van der Waals surface area contributed by atoms with Gasteiger partial charge in [0, 0.05) is 6.04 Å². The van der Waals surface area contributed by atoms with Crippen molar-refractivity contribution < 1.29 is 0 Å². The Morgan fingerprint density at radius 2 is 2.36 bits per heavy atom. The highest BCUT2D eigenvalue weighted by Gasteiger charge is 2.09. The molecule has 0 bridgehead atoms. The number of hydrogen-bond acceptors (Lipinski definition) is 1. The molecule has 1 nitrogen and oxygen atoms in total. The van der Waals surface area contributed by atoms with Crippen molar-refractivity contribution in [3.8, 4) is 12.3 Å². The molecule has 0 radical (unpaired) electrons. The number of rotatable bonds is 4. The lowest BCUT2D eigenvalue weighted by molar-refractivity contribution is 0.287. The lowest BCUT2D eigenvalue weighted by Crippen LogP contribution is -2.29. The number of nitrogens with zero attached hydrogens (tertiary/aromatic N) is 1. The maximum Gasteiger partial charge on any atom is 0.0598 e. The van der Waals surface area contributed by atoms with Crippen LogP contribution < -0.4 is 0 Å². The molecule has 0 saturated carbocycles. The Balaban J connectivity index is 2.40. The van der Waals surface area contributed by atoms with Gasteiger partial charge in [-0.25, -0.2) is 0 Å². The van der Waals surface area contributed by atoms with E-state index in [-0.39, 0.29) is 0 Å². The predicted molar refractivity (Wildman–Crippen MR) is 62.0 cm³/mol. The SMILES string of the molecule is C#CCN(C)C(C)CC1=CCCC=C1. The summed E-state index contributed by atoms with van der Waals surface area (Å²) in [4.78, 5) is 2.21. The Bertz CT molecular complexity index is 267. The van der Waals surface area contributed by atoms with Gasteiger partial charge in [0.2, 0.25) is 0 Å². The molecule has 1 unspecified atom stereocenters. The second-order valence-electron chi connectivity index (χ2n) is 3.93. The molecule has 0 aromatic rings. The maximum atomic E-state index is 5.28. The van der Waals surface area contributed by atoms with Crippen molar-refractivity contribution in [1.82, 2.24) is 4.90 Å². The average Bonchev–Trinajstić information content (AvgIpc) is 2.19. The van der Waals surface area contributed by atoms with E-state index in [1.165, 1.54) is 18.4 Å². The molecule has 0 aromatic heterocycles. The lowest BCUT2D eigenvalue weighted by atomic mass is 10.0. The van der Waals surface area contributed by atoms with Crippen LogP contribution in [0.5, 0.6) is 0 Å². The van der Waals surface area contributed by atoms with E-state index in [2.05, 4.69) is 43.0 Å². The molecule has 0 saturated heterocycles.